The van der Waals surface area contributed by atoms with E-state index < -0.39 is 9.84 Å². The Morgan fingerprint density at radius 3 is 2.32 bits per heavy atom. The van der Waals surface area contributed by atoms with Crippen molar-refractivity contribution in [2.24, 2.45) is 4.99 Å². The van der Waals surface area contributed by atoms with Crippen molar-refractivity contribution < 1.29 is 13.2 Å². The summed E-state index contributed by atoms with van der Waals surface area (Å²) in [5.74, 6) is 1.46. The molecule has 8 heteroatoms. The van der Waals surface area contributed by atoms with E-state index in [9.17, 15) is 8.42 Å². The van der Waals surface area contributed by atoms with Gasteiger partial charge in [-0.3, -0.25) is 4.99 Å². The highest BCUT2D eigenvalue weighted by Crippen LogP contribution is 2.10. The summed E-state index contributed by atoms with van der Waals surface area (Å²) in [6, 6.07) is 7.84. The summed E-state index contributed by atoms with van der Waals surface area (Å²) in [4.78, 5) is 4.01. The second-order valence-corrected chi connectivity index (χ2v) is 6.98. The molecule has 0 spiro atoms. The number of rotatable bonds is 7. The zero-order valence-electron chi connectivity index (χ0n) is 13.1. The maximum Gasteiger partial charge on any atom is 0.191 e. The van der Waals surface area contributed by atoms with Gasteiger partial charge in [0.05, 0.1) is 12.3 Å². The van der Waals surface area contributed by atoms with E-state index in [0.717, 1.165) is 5.75 Å². The van der Waals surface area contributed by atoms with Gasteiger partial charge in [0, 0.05) is 19.8 Å². The highest BCUT2D eigenvalue weighted by molar-refractivity contribution is 14.0. The van der Waals surface area contributed by atoms with Gasteiger partial charge in [-0.2, -0.15) is 0 Å². The van der Waals surface area contributed by atoms with Crippen molar-refractivity contribution in [1.82, 2.24) is 10.6 Å². The summed E-state index contributed by atoms with van der Waals surface area (Å²) in [5, 5.41) is 5.99. The van der Waals surface area contributed by atoms with E-state index >= 15 is 0 Å². The van der Waals surface area contributed by atoms with E-state index in [1.165, 1.54) is 11.8 Å². The van der Waals surface area contributed by atoms with Crippen LogP contribution < -0.4 is 15.4 Å². The van der Waals surface area contributed by atoms with Gasteiger partial charge in [-0.25, -0.2) is 8.42 Å². The minimum Gasteiger partial charge on any atom is -0.492 e. The highest BCUT2D eigenvalue weighted by Gasteiger charge is 2.03. The number of aliphatic imine (C=N–C) groups is 1. The fourth-order valence-electron chi connectivity index (χ4n) is 1.55. The summed E-state index contributed by atoms with van der Waals surface area (Å²) in [6.45, 7) is 3.43. The van der Waals surface area contributed by atoms with E-state index in [4.69, 9.17) is 4.74 Å². The van der Waals surface area contributed by atoms with Gasteiger partial charge in [-0.15, -0.1) is 24.0 Å². The van der Waals surface area contributed by atoms with Gasteiger partial charge in [0.1, 0.15) is 22.2 Å². The molecular formula is C14H24IN3O3S. The van der Waals surface area contributed by atoms with Crippen LogP contribution in [0.3, 0.4) is 0 Å². The average Bonchev–Trinajstić information content (AvgIpc) is 2.42. The van der Waals surface area contributed by atoms with Crippen LogP contribution in [0.5, 0.6) is 5.75 Å². The molecule has 0 bridgehead atoms. The number of benzene rings is 1. The number of ether oxygens (including phenoxy) is 1. The van der Waals surface area contributed by atoms with E-state index in [-0.39, 0.29) is 29.7 Å². The standard InChI is InChI=1S/C14H23N3O3S.HI/c1-12-4-6-13(7-5-12)20-10-8-16-14(15-2)17-9-11-21(3,18)19;/h4-7H,8-11H2,1-3H3,(H2,15,16,17);1H. The SMILES string of the molecule is CN=C(NCCOc1ccc(C)cc1)NCCS(C)(=O)=O.I. The lowest BCUT2D eigenvalue weighted by Crippen LogP contribution is -2.41. The van der Waals surface area contributed by atoms with Crippen molar-refractivity contribution in [3.63, 3.8) is 0 Å². The molecule has 6 nitrogen and oxygen atoms in total. The Bertz CT molecular complexity index is 559. The van der Waals surface area contributed by atoms with Gasteiger partial charge in [-0.05, 0) is 19.1 Å². The molecular weight excluding hydrogens is 417 g/mol. The van der Waals surface area contributed by atoms with Crippen LogP contribution in [0.2, 0.25) is 0 Å². The number of hydrogen-bond donors (Lipinski definition) is 2. The van der Waals surface area contributed by atoms with Crippen LogP contribution in [0.25, 0.3) is 0 Å². The molecule has 0 aromatic heterocycles. The van der Waals surface area contributed by atoms with Gasteiger partial charge in [0.2, 0.25) is 0 Å². The van der Waals surface area contributed by atoms with Crippen LogP contribution in [-0.4, -0.2) is 53.1 Å². The van der Waals surface area contributed by atoms with Crippen molar-refractivity contribution in [2.45, 2.75) is 6.92 Å². The number of hydrogen-bond acceptors (Lipinski definition) is 4. The monoisotopic (exact) mass is 441 g/mol. The molecule has 0 aliphatic heterocycles. The number of nitrogens with one attached hydrogen (secondary N) is 2. The van der Waals surface area contributed by atoms with Gasteiger partial charge < -0.3 is 15.4 Å². The molecule has 0 heterocycles. The van der Waals surface area contributed by atoms with Crippen LogP contribution in [-0.2, 0) is 9.84 Å². The van der Waals surface area contributed by atoms with Crippen LogP contribution in [0.15, 0.2) is 29.3 Å². The minimum absolute atomic E-state index is 0. The van der Waals surface area contributed by atoms with Crippen molar-refractivity contribution in [3.05, 3.63) is 29.8 Å². The molecule has 0 unspecified atom stereocenters. The Hall–Kier alpha value is -1.03. The lowest BCUT2D eigenvalue weighted by Gasteiger charge is -2.12. The molecule has 1 aromatic rings. The van der Waals surface area contributed by atoms with E-state index in [1.54, 1.807) is 7.05 Å². The summed E-state index contributed by atoms with van der Waals surface area (Å²) in [5.41, 5.74) is 1.19. The van der Waals surface area contributed by atoms with Crippen LogP contribution in [0.4, 0.5) is 0 Å². The van der Waals surface area contributed by atoms with Crippen LogP contribution in [0, 0.1) is 6.92 Å². The van der Waals surface area contributed by atoms with Gasteiger partial charge >= 0.3 is 0 Å². The van der Waals surface area contributed by atoms with Crippen molar-refractivity contribution in [2.75, 3.05) is 38.8 Å². The largest absolute Gasteiger partial charge is 0.492 e. The Morgan fingerprint density at radius 1 is 1.18 bits per heavy atom. The Balaban J connectivity index is 0.00000441. The Kier molecular flexibility index (Phi) is 10.2. The third-order valence-electron chi connectivity index (χ3n) is 2.67. The third-order valence-corrected chi connectivity index (χ3v) is 3.62. The maximum atomic E-state index is 11.0. The number of halogens is 1. The number of sulfone groups is 1. The fraction of sp³-hybridized carbons (Fsp3) is 0.500. The van der Waals surface area contributed by atoms with Crippen LogP contribution in [0.1, 0.15) is 5.56 Å². The van der Waals surface area contributed by atoms with Crippen molar-refractivity contribution >= 4 is 39.8 Å². The summed E-state index contributed by atoms with van der Waals surface area (Å²) < 4.78 is 27.6. The van der Waals surface area contributed by atoms with E-state index in [2.05, 4.69) is 15.6 Å². The summed E-state index contributed by atoms with van der Waals surface area (Å²) in [6.07, 6.45) is 1.21. The molecule has 22 heavy (non-hydrogen) atoms. The third kappa shape index (κ3) is 9.82. The fourth-order valence-corrected chi connectivity index (χ4v) is 2.02. The second-order valence-electron chi connectivity index (χ2n) is 4.72. The molecule has 126 valence electrons. The maximum absolute atomic E-state index is 11.0. The molecule has 0 amide bonds. The molecule has 0 saturated carbocycles. The molecule has 0 radical (unpaired) electrons. The topological polar surface area (TPSA) is 79.8 Å². The first kappa shape index (κ1) is 21.0. The first-order chi connectivity index (χ1) is 9.90. The second kappa shape index (κ2) is 10.7. The zero-order chi connectivity index (χ0) is 15.7. The molecule has 0 atom stereocenters. The smallest absolute Gasteiger partial charge is 0.191 e. The van der Waals surface area contributed by atoms with E-state index in [0.29, 0.717) is 25.7 Å². The quantitative estimate of drug-likeness (QED) is 0.288. The normalized spacial score (nSPS) is 11.5. The molecule has 0 aliphatic rings. The molecule has 0 aliphatic carbocycles. The molecule has 1 rings (SSSR count). The predicted molar refractivity (Wildman–Crippen MR) is 101 cm³/mol. The highest BCUT2D eigenvalue weighted by atomic mass is 127. The number of guanidine groups is 1. The first-order valence-electron chi connectivity index (χ1n) is 6.72. The Labute approximate surface area is 149 Å². The predicted octanol–water partition coefficient (Wildman–Crippen LogP) is 1.20. The van der Waals surface area contributed by atoms with Crippen molar-refractivity contribution in [1.29, 1.82) is 0 Å². The molecule has 1 aromatic carbocycles. The summed E-state index contributed by atoms with van der Waals surface area (Å²) >= 11 is 0. The lowest BCUT2D eigenvalue weighted by atomic mass is 10.2. The molecule has 0 fully saturated rings. The van der Waals surface area contributed by atoms with Crippen molar-refractivity contribution in [3.8, 4) is 5.75 Å². The van der Waals surface area contributed by atoms with Gasteiger partial charge in [0.15, 0.2) is 5.96 Å². The van der Waals surface area contributed by atoms with Gasteiger partial charge in [0.25, 0.3) is 0 Å². The van der Waals surface area contributed by atoms with Gasteiger partial charge in [-0.1, -0.05) is 17.7 Å². The minimum atomic E-state index is -2.96. The molecule has 0 saturated heterocycles. The number of aryl methyl sites for hydroxylation is 1. The first-order valence-corrected chi connectivity index (χ1v) is 8.78. The van der Waals surface area contributed by atoms with E-state index in [1.807, 2.05) is 31.2 Å². The molecule has 2 N–H and O–H groups in total. The van der Waals surface area contributed by atoms with Crippen LogP contribution >= 0.6 is 24.0 Å². The summed E-state index contributed by atoms with van der Waals surface area (Å²) in [7, 11) is -1.33. The number of nitrogens with zero attached hydrogens (tertiary/aromatic N) is 1. The lowest BCUT2D eigenvalue weighted by molar-refractivity contribution is 0.322. The zero-order valence-corrected chi connectivity index (χ0v) is 16.3. The Morgan fingerprint density at radius 2 is 1.77 bits per heavy atom. The average molecular weight is 441 g/mol.